The van der Waals surface area contributed by atoms with Gasteiger partial charge in [0.05, 0.1) is 11.0 Å². The summed E-state index contributed by atoms with van der Waals surface area (Å²) in [5.41, 5.74) is 9.44. The van der Waals surface area contributed by atoms with Crippen LogP contribution in [0.1, 0.15) is 0 Å². The van der Waals surface area contributed by atoms with Crippen molar-refractivity contribution < 1.29 is 4.39 Å². The first-order chi connectivity index (χ1) is 24.7. The van der Waals surface area contributed by atoms with E-state index in [-0.39, 0.29) is 5.82 Å². The second kappa shape index (κ2) is 12.4. The predicted octanol–water partition coefficient (Wildman–Crippen LogP) is 11.4. The minimum atomic E-state index is -0.378. The van der Waals surface area contributed by atoms with Crippen molar-refractivity contribution in [2.75, 3.05) is 0 Å². The third-order valence-electron chi connectivity index (χ3n) is 9.08. The Morgan fingerprint density at radius 2 is 0.740 bits per heavy atom. The molecule has 0 spiro atoms. The first-order valence-electron chi connectivity index (χ1n) is 16.6. The van der Waals surface area contributed by atoms with Gasteiger partial charge in [0.2, 0.25) is 0 Å². The molecule has 0 aliphatic rings. The second-order valence-corrected chi connectivity index (χ2v) is 12.3. The Balaban J connectivity index is 1.26. The molecule has 9 rings (SSSR count). The minimum absolute atomic E-state index is 0.378. The fourth-order valence-electron chi connectivity index (χ4n) is 6.69. The van der Waals surface area contributed by atoms with E-state index in [1.54, 1.807) is 6.07 Å². The molecule has 2 heterocycles. The van der Waals surface area contributed by atoms with Crippen molar-refractivity contribution in [2.45, 2.75) is 0 Å². The van der Waals surface area contributed by atoms with Gasteiger partial charge in [-0.1, -0.05) is 133 Å². The highest BCUT2D eigenvalue weighted by atomic mass is 19.1. The Hall–Kier alpha value is -6.72. The SMILES string of the molecule is Fc1cc(-c2nc(-c3ccccc3)nc(-c3ccccc3)n2)cc(-n2c3ccc(-c4ccccc4)cc3c3cc(-c4ccccc4)ccc32)c1. The maximum Gasteiger partial charge on any atom is 0.164 e. The third-order valence-corrected chi connectivity index (χ3v) is 9.08. The van der Waals surface area contributed by atoms with Crippen molar-refractivity contribution in [1.82, 2.24) is 19.5 Å². The van der Waals surface area contributed by atoms with Crippen LogP contribution >= 0.6 is 0 Å². The van der Waals surface area contributed by atoms with Crippen LogP contribution in [0.25, 0.3) is 83.9 Å². The summed E-state index contributed by atoms with van der Waals surface area (Å²) < 4.78 is 18.0. The van der Waals surface area contributed by atoms with E-state index in [0.29, 0.717) is 28.7 Å². The van der Waals surface area contributed by atoms with E-state index in [4.69, 9.17) is 15.0 Å². The van der Waals surface area contributed by atoms with Gasteiger partial charge in [-0.05, 0) is 64.7 Å². The van der Waals surface area contributed by atoms with Gasteiger partial charge in [0, 0.05) is 33.2 Å². The van der Waals surface area contributed by atoms with Gasteiger partial charge in [-0.3, -0.25) is 0 Å². The molecule has 50 heavy (non-hydrogen) atoms. The third kappa shape index (κ3) is 5.41. The highest BCUT2D eigenvalue weighted by molar-refractivity contribution is 6.11. The summed E-state index contributed by atoms with van der Waals surface area (Å²) in [6.07, 6.45) is 0. The highest BCUT2D eigenvalue weighted by Crippen LogP contribution is 2.38. The summed E-state index contributed by atoms with van der Waals surface area (Å²) >= 11 is 0. The van der Waals surface area contributed by atoms with Gasteiger partial charge in [0.25, 0.3) is 0 Å². The Bertz CT molecular complexity index is 2480. The quantitative estimate of drug-likeness (QED) is 0.181. The van der Waals surface area contributed by atoms with Gasteiger partial charge >= 0.3 is 0 Å². The zero-order chi connectivity index (χ0) is 33.4. The molecule has 7 aromatic carbocycles. The average molecular weight is 645 g/mol. The first kappa shape index (κ1) is 29.4. The van der Waals surface area contributed by atoms with Crippen LogP contribution < -0.4 is 0 Å². The normalized spacial score (nSPS) is 11.3. The largest absolute Gasteiger partial charge is 0.309 e. The second-order valence-electron chi connectivity index (χ2n) is 12.3. The summed E-state index contributed by atoms with van der Waals surface area (Å²) in [4.78, 5) is 14.6. The maximum atomic E-state index is 15.8. The summed E-state index contributed by atoms with van der Waals surface area (Å²) in [5.74, 6) is 1.08. The number of aromatic nitrogens is 4. The van der Waals surface area contributed by atoms with Crippen molar-refractivity contribution in [3.63, 3.8) is 0 Å². The van der Waals surface area contributed by atoms with Crippen molar-refractivity contribution in [3.8, 4) is 62.1 Å². The molecule has 0 N–H and O–H groups in total. The van der Waals surface area contributed by atoms with Crippen LogP contribution in [-0.4, -0.2) is 19.5 Å². The topological polar surface area (TPSA) is 43.6 Å². The lowest BCUT2D eigenvalue weighted by molar-refractivity contribution is 0.627. The maximum absolute atomic E-state index is 15.8. The first-order valence-corrected chi connectivity index (χ1v) is 16.6. The number of benzene rings is 7. The predicted molar refractivity (Wildman–Crippen MR) is 201 cm³/mol. The van der Waals surface area contributed by atoms with Crippen LogP contribution in [0.2, 0.25) is 0 Å². The minimum Gasteiger partial charge on any atom is -0.309 e. The van der Waals surface area contributed by atoms with Crippen molar-refractivity contribution >= 4 is 21.8 Å². The van der Waals surface area contributed by atoms with Crippen LogP contribution in [0.5, 0.6) is 0 Å². The smallest absolute Gasteiger partial charge is 0.164 e. The van der Waals surface area contributed by atoms with Gasteiger partial charge in [0.1, 0.15) is 5.82 Å². The summed E-state index contributed by atoms with van der Waals surface area (Å²) in [7, 11) is 0. The summed E-state index contributed by atoms with van der Waals surface area (Å²) in [5, 5.41) is 2.17. The molecule has 0 radical (unpaired) electrons. The molecule has 5 heteroatoms. The van der Waals surface area contributed by atoms with Gasteiger partial charge in [0.15, 0.2) is 17.5 Å². The number of halogens is 1. The Labute approximate surface area is 288 Å². The van der Waals surface area contributed by atoms with Crippen molar-refractivity contribution in [2.24, 2.45) is 0 Å². The molecule has 0 unspecified atom stereocenters. The molecule has 0 aliphatic carbocycles. The fourth-order valence-corrected chi connectivity index (χ4v) is 6.69. The van der Waals surface area contributed by atoms with Gasteiger partial charge in [-0.25, -0.2) is 19.3 Å². The number of hydrogen-bond acceptors (Lipinski definition) is 3. The molecular formula is C45H29FN4. The molecule has 0 atom stereocenters. The number of nitrogens with zero attached hydrogens (tertiary/aromatic N) is 4. The van der Waals surface area contributed by atoms with E-state index < -0.39 is 0 Å². The van der Waals surface area contributed by atoms with E-state index in [9.17, 15) is 0 Å². The molecule has 9 aromatic rings. The van der Waals surface area contributed by atoms with E-state index in [0.717, 1.165) is 55.2 Å². The number of fused-ring (bicyclic) bond motifs is 3. The molecule has 0 aliphatic heterocycles. The van der Waals surface area contributed by atoms with Crippen LogP contribution in [-0.2, 0) is 0 Å². The molecule has 236 valence electrons. The standard InChI is InChI=1S/C45H29FN4/c46-37-25-36(45-48-43(32-17-9-3-10-18-32)47-44(49-45)33-19-11-4-12-20-33)26-38(29-37)50-41-23-21-34(30-13-5-1-6-14-30)27-39(41)40-28-35(22-24-42(40)50)31-15-7-2-8-16-31/h1-29H. The summed E-state index contributed by atoms with van der Waals surface area (Å²) in [6.45, 7) is 0. The van der Waals surface area contributed by atoms with E-state index in [1.165, 1.54) is 6.07 Å². The molecule has 0 fully saturated rings. The lowest BCUT2D eigenvalue weighted by atomic mass is 10.0. The zero-order valence-electron chi connectivity index (χ0n) is 26.9. The van der Waals surface area contributed by atoms with Crippen LogP contribution in [0.4, 0.5) is 4.39 Å². The highest BCUT2D eigenvalue weighted by Gasteiger charge is 2.18. The van der Waals surface area contributed by atoms with Crippen molar-refractivity contribution in [3.05, 3.63) is 182 Å². The molecule has 0 amide bonds. The zero-order valence-corrected chi connectivity index (χ0v) is 26.9. The van der Waals surface area contributed by atoms with Gasteiger partial charge in [-0.2, -0.15) is 0 Å². The van der Waals surface area contributed by atoms with Crippen molar-refractivity contribution in [1.29, 1.82) is 0 Å². The molecular weight excluding hydrogens is 616 g/mol. The van der Waals surface area contributed by atoms with Crippen LogP contribution in [0, 0.1) is 5.82 Å². The van der Waals surface area contributed by atoms with Crippen LogP contribution in [0.3, 0.4) is 0 Å². The molecule has 0 saturated carbocycles. The lowest BCUT2D eigenvalue weighted by Gasteiger charge is -2.12. The number of rotatable bonds is 6. The van der Waals surface area contributed by atoms with E-state index >= 15 is 4.39 Å². The Morgan fingerprint density at radius 1 is 0.340 bits per heavy atom. The lowest BCUT2D eigenvalue weighted by Crippen LogP contribution is -2.02. The average Bonchev–Trinajstić information content (AvgIpc) is 3.52. The monoisotopic (exact) mass is 644 g/mol. The number of hydrogen-bond donors (Lipinski definition) is 0. The van der Waals surface area contributed by atoms with Gasteiger partial charge in [-0.15, -0.1) is 0 Å². The molecule has 0 saturated heterocycles. The molecule has 2 aromatic heterocycles. The van der Waals surface area contributed by atoms with E-state index in [1.807, 2.05) is 78.9 Å². The van der Waals surface area contributed by atoms with Gasteiger partial charge < -0.3 is 4.57 Å². The molecule has 0 bridgehead atoms. The molecule has 4 nitrogen and oxygen atoms in total. The summed E-state index contributed by atoms with van der Waals surface area (Å²) in [6, 6.07) is 58.4. The van der Waals surface area contributed by atoms with Crippen LogP contribution in [0.15, 0.2) is 176 Å². The Morgan fingerprint density at radius 3 is 1.18 bits per heavy atom. The fraction of sp³-hybridized carbons (Fsp3) is 0. The van der Waals surface area contributed by atoms with E-state index in [2.05, 4.69) is 89.5 Å². The Kier molecular flexibility index (Phi) is 7.29.